The fourth-order valence-electron chi connectivity index (χ4n) is 1.97. The molecule has 0 aliphatic carbocycles. The SMILES string of the molecule is CC[C@H](O)c1ccc(N(CC)C(C)C)cc1. The Morgan fingerprint density at radius 2 is 1.69 bits per heavy atom. The normalized spacial score (nSPS) is 12.9. The van der Waals surface area contributed by atoms with Gasteiger partial charge in [0.2, 0.25) is 0 Å². The fraction of sp³-hybridized carbons (Fsp3) is 0.571. The zero-order chi connectivity index (χ0) is 12.1. The molecule has 0 aliphatic rings. The Morgan fingerprint density at radius 1 is 1.12 bits per heavy atom. The highest BCUT2D eigenvalue weighted by atomic mass is 16.3. The van der Waals surface area contributed by atoms with E-state index < -0.39 is 0 Å². The van der Waals surface area contributed by atoms with E-state index in [0.29, 0.717) is 6.04 Å². The molecule has 0 amide bonds. The van der Waals surface area contributed by atoms with Crippen LogP contribution in [0.3, 0.4) is 0 Å². The van der Waals surface area contributed by atoms with Crippen molar-refractivity contribution in [3.63, 3.8) is 0 Å². The average Bonchev–Trinajstić information content (AvgIpc) is 2.29. The lowest BCUT2D eigenvalue weighted by Crippen LogP contribution is -2.30. The van der Waals surface area contributed by atoms with Crippen molar-refractivity contribution in [2.75, 3.05) is 11.4 Å². The molecule has 0 saturated carbocycles. The minimum absolute atomic E-state index is 0.330. The van der Waals surface area contributed by atoms with Crippen LogP contribution in [0.4, 0.5) is 5.69 Å². The third kappa shape index (κ3) is 2.99. The third-order valence-electron chi connectivity index (χ3n) is 2.96. The Kier molecular flexibility index (Phi) is 4.81. The summed E-state index contributed by atoms with van der Waals surface area (Å²) in [6, 6.07) is 8.74. The van der Waals surface area contributed by atoms with Gasteiger partial charge in [0.1, 0.15) is 0 Å². The van der Waals surface area contributed by atoms with E-state index in [1.54, 1.807) is 0 Å². The van der Waals surface area contributed by atoms with Crippen LogP contribution < -0.4 is 4.90 Å². The van der Waals surface area contributed by atoms with Crippen molar-refractivity contribution >= 4 is 5.69 Å². The second-order valence-electron chi connectivity index (χ2n) is 4.40. The second kappa shape index (κ2) is 5.90. The molecule has 2 heteroatoms. The summed E-state index contributed by atoms with van der Waals surface area (Å²) in [6.45, 7) is 9.55. The van der Waals surface area contributed by atoms with Crippen LogP contribution in [0.25, 0.3) is 0 Å². The minimum Gasteiger partial charge on any atom is -0.388 e. The topological polar surface area (TPSA) is 23.5 Å². The van der Waals surface area contributed by atoms with Gasteiger partial charge in [-0.2, -0.15) is 0 Å². The molecule has 1 aromatic carbocycles. The van der Waals surface area contributed by atoms with E-state index in [-0.39, 0.29) is 6.10 Å². The molecule has 0 spiro atoms. The molecule has 0 aliphatic heterocycles. The summed E-state index contributed by atoms with van der Waals surface area (Å²) >= 11 is 0. The number of rotatable bonds is 5. The van der Waals surface area contributed by atoms with Crippen LogP contribution in [0.1, 0.15) is 45.8 Å². The quantitative estimate of drug-likeness (QED) is 0.824. The highest BCUT2D eigenvalue weighted by Crippen LogP contribution is 2.22. The number of aliphatic hydroxyl groups is 1. The molecule has 0 saturated heterocycles. The number of nitrogens with zero attached hydrogens (tertiary/aromatic N) is 1. The number of hydrogen-bond donors (Lipinski definition) is 1. The molecule has 1 N–H and O–H groups in total. The first-order valence-corrected chi connectivity index (χ1v) is 6.14. The molecule has 1 aromatic rings. The predicted octanol–water partition coefficient (Wildman–Crippen LogP) is 3.36. The lowest BCUT2D eigenvalue weighted by molar-refractivity contribution is 0.173. The maximum absolute atomic E-state index is 9.71. The Morgan fingerprint density at radius 3 is 2.06 bits per heavy atom. The molecule has 0 aromatic heterocycles. The third-order valence-corrected chi connectivity index (χ3v) is 2.96. The highest BCUT2D eigenvalue weighted by Gasteiger charge is 2.09. The summed E-state index contributed by atoms with van der Waals surface area (Å²) in [5, 5.41) is 9.71. The van der Waals surface area contributed by atoms with Gasteiger partial charge in [-0.05, 0) is 44.9 Å². The van der Waals surface area contributed by atoms with E-state index in [4.69, 9.17) is 0 Å². The zero-order valence-electron chi connectivity index (χ0n) is 10.8. The van der Waals surface area contributed by atoms with Gasteiger partial charge in [0.15, 0.2) is 0 Å². The molecular formula is C14H23NO. The van der Waals surface area contributed by atoms with Gasteiger partial charge < -0.3 is 10.0 Å². The van der Waals surface area contributed by atoms with Gasteiger partial charge >= 0.3 is 0 Å². The molecule has 0 fully saturated rings. The van der Waals surface area contributed by atoms with Crippen LogP contribution in [-0.2, 0) is 0 Å². The van der Waals surface area contributed by atoms with Gasteiger partial charge in [-0.3, -0.25) is 0 Å². The van der Waals surface area contributed by atoms with Crippen molar-refractivity contribution in [3.8, 4) is 0 Å². The summed E-state index contributed by atoms with van der Waals surface area (Å²) in [5.41, 5.74) is 2.23. The number of benzene rings is 1. The smallest absolute Gasteiger partial charge is 0.0787 e. The Hall–Kier alpha value is -1.02. The molecule has 0 radical (unpaired) electrons. The van der Waals surface area contributed by atoms with Crippen LogP contribution in [0.5, 0.6) is 0 Å². The fourth-order valence-corrected chi connectivity index (χ4v) is 1.97. The molecule has 0 heterocycles. The standard InChI is InChI=1S/C14H23NO/c1-5-14(16)12-7-9-13(10-8-12)15(6-2)11(3)4/h7-11,14,16H,5-6H2,1-4H3/t14-/m0/s1. The summed E-state index contributed by atoms with van der Waals surface area (Å²) < 4.78 is 0. The van der Waals surface area contributed by atoms with Crippen LogP contribution in [0.15, 0.2) is 24.3 Å². The first-order valence-electron chi connectivity index (χ1n) is 6.14. The molecule has 0 bridgehead atoms. The Labute approximate surface area is 98.9 Å². The zero-order valence-corrected chi connectivity index (χ0v) is 10.8. The van der Waals surface area contributed by atoms with E-state index in [0.717, 1.165) is 18.5 Å². The summed E-state index contributed by atoms with van der Waals surface area (Å²) in [5.74, 6) is 0. The second-order valence-corrected chi connectivity index (χ2v) is 4.40. The van der Waals surface area contributed by atoms with Gasteiger partial charge in [0.05, 0.1) is 6.10 Å². The maximum Gasteiger partial charge on any atom is 0.0787 e. The van der Waals surface area contributed by atoms with Crippen molar-refractivity contribution in [1.82, 2.24) is 0 Å². The largest absolute Gasteiger partial charge is 0.388 e. The van der Waals surface area contributed by atoms with Crippen molar-refractivity contribution in [2.24, 2.45) is 0 Å². The summed E-state index contributed by atoms with van der Waals surface area (Å²) in [7, 11) is 0. The number of hydrogen-bond acceptors (Lipinski definition) is 2. The van der Waals surface area contributed by atoms with E-state index in [9.17, 15) is 5.11 Å². The molecule has 0 unspecified atom stereocenters. The van der Waals surface area contributed by atoms with Crippen LogP contribution >= 0.6 is 0 Å². The summed E-state index contributed by atoms with van der Waals surface area (Å²) in [6.07, 6.45) is 0.435. The van der Waals surface area contributed by atoms with Gasteiger partial charge in [0, 0.05) is 18.3 Å². The molecule has 1 atom stereocenters. The van der Waals surface area contributed by atoms with Crippen molar-refractivity contribution < 1.29 is 5.11 Å². The van der Waals surface area contributed by atoms with Crippen LogP contribution in [0.2, 0.25) is 0 Å². The Bertz CT molecular complexity index is 305. The summed E-state index contributed by atoms with van der Waals surface area (Å²) in [4.78, 5) is 2.34. The molecule has 90 valence electrons. The lowest BCUT2D eigenvalue weighted by Gasteiger charge is -2.27. The van der Waals surface area contributed by atoms with E-state index in [1.165, 1.54) is 5.69 Å². The predicted molar refractivity (Wildman–Crippen MR) is 69.8 cm³/mol. The van der Waals surface area contributed by atoms with Crippen molar-refractivity contribution in [1.29, 1.82) is 0 Å². The van der Waals surface area contributed by atoms with Crippen LogP contribution in [-0.4, -0.2) is 17.7 Å². The average molecular weight is 221 g/mol. The van der Waals surface area contributed by atoms with Gasteiger partial charge in [-0.15, -0.1) is 0 Å². The maximum atomic E-state index is 9.71. The van der Waals surface area contributed by atoms with Gasteiger partial charge in [-0.25, -0.2) is 0 Å². The lowest BCUT2D eigenvalue weighted by atomic mass is 10.1. The molecule has 1 rings (SSSR count). The number of anilines is 1. The van der Waals surface area contributed by atoms with Gasteiger partial charge in [0.25, 0.3) is 0 Å². The molecule has 2 nitrogen and oxygen atoms in total. The molecule has 16 heavy (non-hydrogen) atoms. The van der Waals surface area contributed by atoms with E-state index in [2.05, 4.69) is 37.8 Å². The number of aliphatic hydroxyl groups excluding tert-OH is 1. The van der Waals surface area contributed by atoms with Crippen molar-refractivity contribution in [3.05, 3.63) is 29.8 Å². The van der Waals surface area contributed by atoms with Crippen molar-refractivity contribution in [2.45, 2.75) is 46.3 Å². The minimum atomic E-state index is -0.330. The first kappa shape index (κ1) is 13.0. The first-order chi connectivity index (χ1) is 7.60. The van der Waals surface area contributed by atoms with Gasteiger partial charge in [-0.1, -0.05) is 19.1 Å². The monoisotopic (exact) mass is 221 g/mol. The highest BCUT2D eigenvalue weighted by molar-refractivity contribution is 5.48. The van der Waals surface area contributed by atoms with E-state index >= 15 is 0 Å². The van der Waals surface area contributed by atoms with E-state index in [1.807, 2.05) is 19.1 Å². The Balaban J connectivity index is 2.85. The van der Waals surface area contributed by atoms with Crippen LogP contribution in [0, 0.1) is 0 Å². The molecular weight excluding hydrogens is 198 g/mol.